The molecular weight excluding hydrogens is 393 g/mol. The number of rotatable bonds is 3. The van der Waals surface area contributed by atoms with Crippen molar-refractivity contribution in [1.29, 1.82) is 10.7 Å². The van der Waals surface area contributed by atoms with Crippen molar-refractivity contribution in [2.75, 3.05) is 5.73 Å². The van der Waals surface area contributed by atoms with Gasteiger partial charge in [-0.1, -0.05) is 54.6 Å². The Labute approximate surface area is 206 Å². The number of benzene rings is 2. The van der Waals surface area contributed by atoms with Crippen molar-refractivity contribution in [1.82, 2.24) is 9.97 Å². The topological polar surface area (TPSA) is 99.4 Å². The van der Waals surface area contributed by atoms with Gasteiger partial charge in [-0.3, -0.25) is 9.97 Å². The summed E-state index contributed by atoms with van der Waals surface area (Å²) in [6, 6.07) is 28.7. The zero-order chi connectivity index (χ0) is 21.4. The molecule has 0 fully saturated rings. The maximum Gasteiger partial charge on any atom is 1.00 e. The molecule has 3 N–H and O–H groups in total. The molecular formula is C25H24N5Na. The van der Waals surface area contributed by atoms with E-state index in [2.05, 4.69) is 9.97 Å². The Hall–Kier alpha value is -3.30. The van der Waals surface area contributed by atoms with Crippen LogP contribution in [0.1, 0.15) is 18.1 Å². The molecule has 0 bridgehead atoms. The van der Waals surface area contributed by atoms with Gasteiger partial charge in [0.25, 0.3) is 0 Å². The van der Waals surface area contributed by atoms with E-state index in [1.54, 1.807) is 30.7 Å². The number of nitriles is 1. The number of para-hydroxylation sites is 1. The van der Waals surface area contributed by atoms with E-state index >= 15 is 0 Å². The second-order valence-corrected chi connectivity index (χ2v) is 6.15. The van der Waals surface area contributed by atoms with Crippen LogP contribution in [0.4, 0.5) is 5.69 Å². The summed E-state index contributed by atoms with van der Waals surface area (Å²) in [5, 5.41) is 16.2. The minimum Gasteiger partial charge on any atom is -1.00 e. The predicted molar refractivity (Wildman–Crippen MR) is 122 cm³/mol. The number of hydrogen-bond acceptors (Lipinski definition) is 5. The van der Waals surface area contributed by atoms with Gasteiger partial charge >= 0.3 is 29.6 Å². The summed E-state index contributed by atoms with van der Waals surface area (Å²) in [4.78, 5) is 7.74. The second-order valence-electron chi connectivity index (χ2n) is 6.15. The summed E-state index contributed by atoms with van der Waals surface area (Å²) < 4.78 is 0. The SMILES string of the molecule is N#Cc1cccnc1.N=C(Cc1ccccc1)c1cccnc1.Nc1ccccc1.[H-].[Na+]. The fourth-order valence-electron chi connectivity index (χ4n) is 2.33. The molecule has 4 aromatic rings. The molecule has 4 rings (SSSR count). The molecule has 31 heavy (non-hydrogen) atoms. The van der Waals surface area contributed by atoms with Crippen LogP contribution in [0.3, 0.4) is 0 Å². The zero-order valence-electron chi connectivity index (χ0n) is 18.5. The molecule has 0 spiro atoms. The minimum atomic E-state index is 0. The molecule has 2 aromatic carbocycles. The van der Waals surface area contributed by atoms with Crippen LogP contribution in [0.15, 0.2) is 110 Å². The third-order valence-electron chi connectivity index (χ3n) is 3.82. The number of pyridine rings is 2. The van der Waals surface area contributed by atoms with Crippen molar-refractivity contribution in [2.24, 2.45) is 0 Å². The monoisotopic (exact) mass is 417 g/mol. The number of hydrogen-bond donors (Lipinski definition) is 2. The predicted octanol–water partition coefficient (Wildman–Crippen LogP) is 2.03. The average Bonchev–Trinajstić information content (AvgIpc) is 2.82. The summed E-state index contributed by atoms with van der Waals surface area (Å²) in [6.07, 6.45) is 7.28. The van der Waals surface area contributed by atoms with Gasteiger partial charge in [0.1, 0.15) is 6.07 Å². The summed E-state index contributed by atoms with van der Waals surface area (Å²) in [7, 11) is 0. The molecule has 0 radical (unpaired) electrons. The second kappa shape index (κ2) is 15.5. The van der Waals surface area contributed by atoms with Gasteiger partial charge in [-0.15, -0.1) is 0 Å². The summed E-state index contributed by atoms with van der Waals surface area (Å²) in [6.45, 7) is 0. The molecule has 6 heteroatoms. The molecule has 5 nitrogen and oxygen atoms in total. The molecule has 2 heterocycles. The van der Waals surface area contributed by atoms with Crippen molar-refractivity contribution in [2.45, 2.75) is 6.42 Å². The van der Waals surface area contributed by atoms with Gasteiger partial charge < -0.3 is 12.6 Å². The Morgan fingerprint density at radius 3 is 1.84 bits per heavy atom. The Morgan fingerprint density at radius 2 is 1.42 bits per heavy atom. The van der Waals surface area contributed by atoms with E-state index in [-0.39, 0.29) is 31.0 Å². The van der Waals surface area contributed by atoms with E-state index in [9.17, 15) is 0 Å². The molecule has 0 aliphatic carbocycles. The van der Waals surface area contributed by atoms with Crippen LogP contribution in [0, 0.1) is 16.7 Å². The van der Waals surface area contributed by atoms with E-state index < -0.39 is 0 Å². The Morgan fingerprint density at radius 1 is 0.839 bits per heavy atom. The van der Waals surface area contributed by atoms with Gasteiger partial charge in [-0.2, -0.15) is 5.26 Å². The van der Waals surface area contributed by atoms with Crippen molar-refractivity contribution in [3.63, 3.8) is 0 Å². The first-order valence-electron chi connectivity index (χ1n) is 9.31. The van der Waals surface area contributed by atoms with Crippen LogP contribution in [0.5, 0.6) is 0 Å². The van der Waals surface area contributed by atoms with Gasteiger partial charge in [0, 0.05) is 48.2 Å². The quantitative estimate of drug-likeness (QED) is 0.303. The van der Waals surface area contributed by atoms with Crippen LogP contribution >= 0.6 is 0 Å². The van der Waals surface area contributed by atoms with Crippen LogP contribution < -0.4 is 35.3 Å². The number of nitrogen functional groups attached to an aromatic ring is 1. The smallest absolute Gasteiger partial charge is 1.00 e. The number of anilines is 1. The van der Waals surface area contributed by atoms with Crippen molar-refractivity contribution < 1.29 is 31.0 Å². The van der Waals surface area contributed by atoms with Gasteiger partial charge in [-0.05, 0) is 35.9 Å². The maximum atomic E-state index is 8.25. The van der Waals surface area contributed by atoms with Crippen molar-refractivity contribution in [3.05, 3.63) is 126 Å². The molecule has 0 aliphatic heterocycles. The first kappa shape index (κ1) is 25.7. The summed E-state index contributed by atoms with van der Waals surface area (Å²) in [5.74, 6) is 0. The molecule has 0 atom stereocenters. The molecule has 0 unspecified atom stereocenters. The summed E-state index contributed by atoms with van der Waals surface area (Å²) >= 11 is 0. The fourth-order valence-corrected chi connectivity index (χ4v) is 2.33. The van der Waals surface area contributed by atoms with E-state index in [1.807, 2.05) is 78.9 Å². The van der Waals surface area contributed by atoms with Gasteiger partial charge in [0.15, 0.2) is 0 Å². The molecule has 0 amide bonds. The van der Waals surface area contributed by atoms with Crippen molar-refractivity contribution >= 4 is 11.4 Å². The van der Waals surface area contributed by atoms with E-state index in [0.29, 0.717) is 17.7 Å². The molecule has 0 aliphatic rings. The third kappa shape index (κ3) is 10.9. The van der Waals surface area contributed by atoms with E-state index in [1.165, 1.54) is 6.20 Å². The molecule has 2 aromatic heterocycles. The van der Waals surface area contributed by atoms with E-state index in [0.717, 1.165) is 16.8 Å². The Bertz CT molecular complexity index is 1040. The van der Waals surface area contributed by atoms with Crippen LogP contribution in [-0.4, -0.2) is 15.7 Å². The minimum absolute atomic E-state index is 0. The fraction of sp³-hybridized carbons (Fsp3) is 0.0400. The number of aromatic nitrogens is 2. The number of nitrogens with zero attached hydrogens (tertiary/aromatic N) is 3. The largest absolute Gasteiger partial charge is 1.00 e. The van der Waals surface area contributed by atoms with Gasteiger partial charge in [-0.25, -0.2) is 0 Å². The van der Waals surface area contributed by atoms with Crippen LogP contribution in [0.2, 0.25) is 0 Å². The average molecular weight is 417 g/mol. The zero-order valence-corrected chi connectivity index (χ0v) is 19.5. The molecule has 0 saturated carbocycles. The third-order valence-corrected chi connectivity index (χ3v) is 3.82. The summed E-state index contributed by atoms with van der Waals surface area (Å²) in [5.41, 5.74) is 9.44. The first-order chi connectivity index (χ1) is 14.7. The Balaban J connectivity index is 0.000000482. The Kier molecular flexibility index (Phi) is 12.9. The number of nitrogens with two attached hydrogens (primary N) is 1. The van der Waals surface area contributed by atoms with Crippen molar-refractivity contribution in [3.8, 4) is 6.07 Å². The standard InChI is InChI=1S/C13H12N2.C6H4N2.C6H7N.Na.H/c14-13(12-7-4-8-15-10-12)9-11-5-2-1-3-6-11;7-4-6-2-1-3-8-5-6;7-6-4-2-1-3-5-6;;/h1-8,10,14H,9H2;1-3,5H;1-5H,7H2;;/q;;;+1;-1. The van der Waals surface area contributed by atoms with Crippen LogP contribution in [-0.2, 0) is 6.42 Å². The van der Waals surface area contributed by atoms with Gasteiger partial charge in [0.05, 0.1) is 5.56 Å². The molecule has 0 saturated heterocycles. The van der Waals surface area contributed by atoms with Gasteiger partial charge in [0.2, 0.25) is 0 Å². The normalized spacial score (nSPS) is 8.74. The molecule has 150 valence electrons. The number of nitrogens with one attached hydrogen (secondary N) is 1. The maximum absolute atomic E-state index is 8.25. The first-order valence-corrected chi connectivity index (χ1v) is 9.31. The van der Waals surface area contributed by atoms with Crippen LogP contribution in [0.25, 0.3) is 0 Å². The van der Waals surface area contributed by atoms with E-state index in [4.69, 9.17) is 16.4 Å².